The van der Waals surface area contributed by atoms with Crippen molar-refractivity contribution in [2.24, 2.45) is 0 Å². The highest BCUT2D eigenvalue weighted by atomic mass is 16.5. The van der Waals surface area contributed by atoms with Crippen LogP contribution in [0.2, 0.25) is 0 Å². The molecule has 0 aliphatic carbocycles. The van der Waals surface area contributed by atoms with E-state index in [1.54, 1.807) is 25.4 Å². The lowest BCUT2D eigenvalue weighted by atomic mass is 10.2. The van der Waals surface area contributed by atoms with Crippen molar-refractivity contribution in [1.29, 1.82) is 0 Å². The van der Waals surface area contributed by atoms with Crippen molar-refractivity contribution >= 4 is 5.52 Å². The van der Waals surface area contributed by atoms with Crippen LogP contribution in [0.3, 0.4) is 0 Å². The monoisotopic (exact) mass is 240 g/mol. The predicted molar refractivity (Wildman–Crippen MR) is 68.8 cm³/mol. The maximum absolute atomic E-state index is 9.75. The molecule has 0 aliphatic rings. The molecule has 2 aromatic heterocycles. The molecule has 90 valence electrons. The largest absolute Gasteiger partial charge is 0.506 e. The van der Waals surface area contributed by atoms with Crippen molar-refractivity contribution in [1.82, 2.24) is 9.38 Å². The van der Waals surface area contributed by atoms with E-state index in [-0.39, 0.29) is 5.75 Å². The fourth-order valence-electron chi connectivity index (χ4n) is 1.98. The van der Waals surface area contributed by atoms with Gasteiger partial charge in [0, 0.05) is 11.8 Å². The van der Waals surface area contributed by atoms with Crippen LogP contribution in [0.1, 0.15) is 0 Å². The maximum Gasteiger partial charge on any atom is 0.144 e. The second-order valence-corrected chi connectivity index (χ2v) is 3.96. The van der Waals surface area contributed by atoms with Crippen molar-refractivity contribution in [2.75, 3.05) is 7.11 Å². The maximum atomic E-state index is 9.75. The Morgan fingerprint density at radius 1 is 1.22 bits per heavy atom. The predicted octanol–water partition coefficient (Wildman–Crippen LogP) is 2.72. The third-order valence-corrected chi connectivity index (χ3v) is 2.88. The van der Waals surface area contributed by atoms with Crippen LogP contribution in [0.5, 0.6) is 11.5 Å². The zero-order chi connectivity index (χ0) is 12.5. The Balaban J connectivity index is 2.22. The summed E-state index contributed by atoms with van der Waals surface area (Å²) in [5.41, 5.74) is 1.63. The summed E-state index contributed by atoms with van der Waals surface area (Å²) >= 11 is 0. The second kappa shape index (κ2) is 4.07. The number of fused-ring (bicyclic) bond motifs is 1. The van der Waals surface area contributed by atoms with Gasteiger partial charge in [0.2, 0.25) is 0 Å². The van der Waals surface area contributed by atoms with Crippen molar-refractivity contribution in [3.8, 4) is 22.9 Å². The number of methoxy groups -OCH3 is 1. The molecule has 0 saturated carbocycles. The molecule has 2 heterocycles. The van der Waals surface area contributed by atoms with Gasteiger partial charge in [0.05, 0.1) is 13.3 Å². The number of benzene rings is 1. The fourth-order valence-corrected chi connectivity index (χ4v) is 1.98. The van der Waals surface area contributed by atoms with E-state index in [1.165, 1.54) is 0 Å². The van der Waals surface area contributed by atoms with Crippen molar-refractivity contribution in [3.63, 3.8) is 0 Å². The summed E-state index contributed by atoms with van der Waals surface area (Å²) in [7, 11) is 1.63. The van der Waals surface area contributed by atoms with E-state index in [0.29, 0.717) is 5.52 Å². The molecule has 0 unspecified atom stereocenters. The quantitative estimate of drug-likeness (QED) is 0.749. The molecule has 0 atom stereocenters. The van der Waals surface area contributed by atoms with Crippen LogP contribution >= 0.6 is 0 Å². The van der Waals surface area contributed by atoms with Crippen LogP contribution in [0.4, 0.5) is 0 Å². The van der Waals surface area contributed by atoms with Gasteiger partial charge in [-0.05, 0) is 24.3 Å². The zero-order valence-electron chi connectivity index (χ0n) is 9.87. The van der Waals surface area contributed by atoms with Crippen LogP contribution in [0.25, 0.3) is 16.9 Å². The molecule has 0 spiro atoms. The van der Waals surface area contributed by atoms with Crippen LogP contribution < -0.4 is 4.74 Å². The fraction of sp³-hybridized carbons (Fsp3) is 0.0714. The molecule has 0 aliphatic heterocycles. The number of rotatable bonds is 2. The third kappa shape index (κ3) is 1.59. The number of aromatic nitrogens is 2. The van der Waals surface area contributed by atoms with Crippen molar-refractivity contribution in [2.45, 2.75) is 0 Å². The minimum Gasteiger partial charge on any atom is -0.506 e. The summed E-state index contributed by atoms with van der Waals surface area (Å²) in [5, 5.41) is 9.75. The highest BCUT2D eigenvalue weighted by molar-refractivity contribution is 5.67. The first-order chi connectivity index (χ1) is 8.79. The lowest BCUT2D eigenvalue weighted by Gasteiger charge is -2.04. The van der Waals surface area contributed by atoms with Crippen LogP contribution in [-0.4, -0.2) is 21.6 Å². The summed E-state index contributed by atoms with van der Waals surface area (Å²) in [6.45, 7) is 0. The topological polar surface area (TPSA) is 46.8 Å². The number of pyridine rings is 1. The van der Waals surface area contributed by atoms with E-state index < -0.39 is 0 Å². The zero-order valence-corrected chi connectivity index (χ0v) is 9.87. The van der Waals surface area contributed by atoms with E-state index in [9.17, 15) is 5.11 Å². The minimum atomic E-state index is 0.221. The summed E-state index contributed by atoms with van der Waals surface area (Å²) in [6, 6.07) is 11.1. The smallest absolute Gasteiger partial charge is 0.144 e. The van der Waals surface area contributed by atoms with E-state index in [2.05, 4.69) is 4.98 Å². The molecule has 4 heteroatoms. The van der Waals surface area contributed by atoms with Gasteiger partial charge < -0.3 is 9.84 Å². The Morgan fingerprint density at radius 2 is 2.11 bits per heavy atom. The van der Waals surface area contributed by atoms with E-state index >= 15 is 0 Å². The molecule has 0 saturated heterocycles. The third-order valence-electron chi connectivity index (χ3n) is 2.88. The number of hydrogen-bond donors (Lipinski definition) is 1. The first kappa shape index (κ1) is 10.7. The Labute approximate surface area is 104 Å². The van der Waals surface area contributed by atoms with Gasteiger partial charge in [0.1, 0.15) is 22.8 Å². The highest BCUT2D eigenvalue weighted by Gasteiger charge is 2.09. The van der Waals surface area contributed by atoms with Gasteiger partial charge in [-0.3, -0.25) is 4.40 Å². The normalized spacial score (nSPS) is 10.7. The molecule has 0 amide bonds. The molecule has 0 fully saturated rings. The molecule has 3 rings (SSSR count). The summed E-state index contributed by atoms with van der Waals surface area (Å²) in [5.74, 6) is 1.78. The SMILES string of the molecule is COc1cccc(-c2ncc3c(O)cccn23)c1. The molecule has 1 N–H and O–H groups in total. The first-order valence-corrected chi connectivity index (χ1v) is 5.59. The van der Waals surface area contributed by atoms with Crippen LogP contribution in [0.15, 0.2) is 48.8 Å². The Kier molecular flexibility index (Phi) is 2.41. The van der Waals surface area contributed by atoms with Gasteiger partial charge in [-0.1, -0.05) is 12.1 Å². The van der Waals surface area contributed by atoms with Gasteiger partial charge in [-0.15, -0.1) is 0 Å². The van der Waals surface area contributed by atoms with Gasteiger partial charge in [-0.2, -0.15) is 0 Å². The van der Waals surface area contributed by atoms with Crippen molar-refractivity contribution < 1.29 is 9.84 Å². The van der Waals surface area contributed by atoms with Gasteiger partial charge >= 0.3 is 0 Å². The summed E-state index contributed by atoms with van der Waals surface area (Å²) in [4.78, 5) is 4.35. The van der Waals surface area contributed by atoms with Crippen molar-refractivity contribution in [3.05, 3.63) is 48.8 Å². The number of ether oxygens (including phenoxy) is 1. The van der Waals surface area contributed by atoms with E-state index in [4.69, 9.17) is 4.74 Å². The standard InChI is InChI=1S/C14H12N2O2/c1-18-11-5-2-4-10(8-11)14-15-9-12-13(17)6-3-7-16(12)14/h2-9,17H,1H3. The molecule has 18 heavy (non-hydrogen) atoms. The van der Waals surface area contributed by atoms with E-state index in [1.807, 2.05) is 34.9 Å². The van der Waals surface area contributed by atoms with Gasteiger partial charge in [0.15, 0.2) is 0 Å². The summed E-state index contributed by atoms with van der Waals surface area (Å²) < 4.78 is 7.05. The van der Waals surface area contributed by atoms with Gasteiger partial charge in [-0.25, -0.2) is 4.98 Å². The number of aromatic hydroxyl groups is 1. The van der Waals surface area contributed by atoms with Gasteiger partial charge in [0.25, 0.3) is 0 Å². The molecule has 0 bridgehead atoms. The lowest BCUT2D eigenvalue weighted by Crippen LogP contribution is -1.90. The number of hydrogen-bond acceptors (Lipinski definition) is 3. The highest BCUT2D eigenvalue weighted by Crippen LogP contribution is 2.26. The molecule has 4 nitrogen and oxygen atoms in total. The average molecular weight is 240 g/mol. The lowest BCUT2D eigenvalue weighted by molar-refractivity contribution is 0.415. The first-order valence-electron chi connectivity index (χ1n) is 5.59. The second-order valence-electron chi connectivity index (χ2n) is 3.96. The molecule has 0 radical (unpaired) electrons. The number of nitrogens with zero attached hydrogens (tertiary/aromatic N) is 2. The number of imidazole rings is 1. The molecular formula is C14H12N2O2. The Bertz CT molecular complexity index is 704. The Morgan fingerprint density at radius 3 is 2.94 bits per heavy atom. The summed E-state index contributed by atoms with van der Waals surface area (Å²) in [6.07, 6.45) is 3.53. The van der Waals surface area contributed by atoms with Crippen LogP contribution in [-0.2, 0) is 0 Å². The minimum absolute atomic E-state index is 0.221. The molecule has 3 aromatic rings. The molecular weight excluding hydrogens is 228 g/mol. The molecule has 1 aromatic carbocycles. The Hall–Kier alpha value is -2.49. The van der Waals surface area contributed by atoms with Crippen LogP contribution in [0, 0.1) is 0 Å². The van der Waals surface area contributed by atoms with E-state index in [0.717, 1.165) is 17.1 Å². The average Bonchev–Trinajstić information content (AvgIpc) is 2.84.